The van der Waals surface area contributed by atoms with Crippen molar-refractivity contribution in [1.82, 2.24) is 14.9 Å². The van der Waals surface area contributed by atoms with E-state index in [1.807, 2.05) is 35.9 Å². The molecule has 0 spiro atoms. The second-order valence-electron chi connectivity index (χ2n) is 6.83. The first-order valence-electron chi connectivity index (χ1n) is 8.77. The van der Waals surface area contributed by atoms with Gasteiger partial charge in [0.05, 0.1) is 18.8 Å². The van der Waals surface area contributed by atoms with Crippen molar-refractivity contribution in [1.29, 1.82) is 0 Å². The Bertz CT molecular complexity index is 810. The SMILES string of the molecule is Cc1nccn1C1C2OCC(O2)C(NCc2ccc3c(c2)OCO3)C1O. The van der Waals surface area contributed by atoms with Crippen LogP contribution in [0.2, 0.25) is 0 Å². The number of aryl methyl sites for hydroxylation is 1. The first kappa shape index (κ1) is 16.1. The zero-order chi connectivity index (χ0) is 17.7. The molecular formula is C18H21N3O5. The van der Waals surface area contributed by atoms with Crippen LogP contribution in [0.3, 0.4) is 0 Å². The lowest BCUT2D eigenvalue weighted by atomic mass is 9.95. The average molecular weight is 359 g/mol. The van der Waals surface area contributed by atoms with Gasteiger partial charge in [0.15, 0.2) is 17.8 Å². The van der Waals surface area contributed by atoms with Gasteiger partial charge in [0.1, 0.15) is 18.0 Å². The number of aromatic nitrogens is 2. The topological polar surface area (TPSA) is 87.0 Å². The van der Waals surface area contributed by atoms with Gasteiger partial charge in [-0.15, -0.1) is 0 Å². The van der Waals surface area contributed by atoms with Crippen LogP contribution in [0.25, 0.3) is 0 Å². The average Bonchev–Trinajstić information content (AvgIpc) is 3.36. The van der Waals surface area contributed by atoms with Crippen molar-refractivity contribution in [2.75, 3.05) is 13.4 Å². The number of benzene rings is 1. The summed E-state index contributed by atoms with van der Waals surface area (Å²) in [5, 5.41) is 14.5. The van der Waals surface area contributed by atoms with Gasteiger partial charge in [-0.2, -0.15) is 0 Å². The van der Waals surface area contributed by atoms with E-state index < -0.39 is 12.4 Å². The van der Waals surface area contributed by atoms with Gasteiger partial charge in [0.2, 0.25) is 6.79 Å². The van der Waals surface area contributed by atoms with Gasteiger partial charge in [-0.25, -0.2) is 4.98 Å². The molecule has 3 aliphatic rings. The highest BCUT2D eigenvalue weighted by molar-refractivity contribution is 5.44. The summed E-state index contributed by atoms with van der Waals surface area (Å²) in [6.07, 6.45) is 2.29. The predicted molar refractivity (Wildman–Crippen MR) is 89.8 cm³/mol. The number of nitrogens with zero attached hydrogens (tertiary/aromatic N) is 2. The molecule has 8 heteroatoms. The summed E-state index contributed by atoms with van der Waals surface area (Å²) in [6, 6.07) is 5.27. The third-order valence-corrected chi connectivity index (χ3v) is 5.29. The Labute approximate surface area is 150 Å². The van der Waals surface area contributed by atoms with Crippen LogP contribution in [0.1, 0.15) is 17.4 Å². The summed E-state index contributed by atoms with van der Waals surface area (Å²) < 4.78 is 24.5. The maximum absolute atomic E-state index is 11.0. The Morgan fingerprint density at radius 3 is 3.04 bits per heavy atom. The van der Waals surface area contributed by atoms with Crippen LogP contribution in [-0.2, 0) is 16.0 Å². The molecule has 138 valence electrons. The number of nitrogens with one attached hydrogen (secondary N) is 1. The van der Waals surface area contributed by atoms with Crippen LogP contribution in [0, 0.1) is 6.92 Å². The van der Waals surface area contributed by atoms with Crippen molar-refractivity contribution < 1.29 is 24.1 Å². The fraction of sp³-hybridized carbons (Fsp3) is 0.500. The smallest absolute Gasteiger partial charge is 0.231 e. The molecule has 2 saturated heterocycles. The molecule has 4 heterocycles. The minimum Gasteiger partial charge on any atom is -0.454 e. The molecule has 5 rings (SSSR count). The molecule has 0 radical (unpaired) electrons. The van der Waals surface area contributed by atoms with Crippen molar-refractivity contribution in [3.05, 3.63) is 42.0 Å². The van der Waals surface area contributed by atoms with Gasteiger partial charge in [-0.1, -0.05) is 6.07 Å². The van der Waals surface area contributed by atoms with Gasteiger partial charge in [0, 0.05) is 18.9 Å². The van der Waals surface area contributed by atoms with Crippen LogP contribution < -0.4 is 14.8 Å². The fourth-order valence-corrected chi connectivity index (χ4v) is 3.94. The van der Waals surface area contributed by atoms with Gasteiger partial charge < -0.3 is 33.9 Å². The largest absolute Gasteiger partial charge is 0.454 e. The maximum atomic E-state index is 11.0. The predicted octanol–water partition coefficient (Wildman–Crippen LogP) is 0.736. The second kappa shape index (κ2) is 6.24. The highest BCUT2D eigenvalue weighted by atomic mass is 16.7. The molecule has 0 aliphatic carbocycles. The van der Waals surface area contributed by atoms with Crippen molar-refractivity contribution in [2.24, 2.45) is 0 Å². The Balaban J connectivity index is 1.34. The van der Waals surface area contributed by atoms with E-state index in [0.29, 0.717) is 13.2 Å². The van der Waals surface area contributed by atoms with E-state index in [1.165, 1.54) is 0 Å². The van der Waals surface area contributed by atoms with Crippen LogP contribution in [0.5, 0.6) is 11.5 Å². The van der Waals surface area contributed by atoms with Crippen LogP contribution in [0.4, 0.5) is 0 Å². The normalized spacial score (nSPS) is 32.2. The molecule has 3 aliphatic heterocycles. The lowest BCUT2D eigenvalue weighted by Crippen LogP contribution is -2.57. The molecule has 8 nitrogen and oxygen atoms in total. The summed E-state index contributed by atoms with van der Waals surface area (Å²) in [6.45, 7) is 3.21. The molecule has 2 N–H and O–H groups in total. The molecule has 5 unspecified atom stereocenters. The van der Waals surface area contributed by atoms with E-state index in [2.05, 4.69) is 10.3 Å². The zero-order valence-electron chi connectivity index (χ0n) is 14.4. The molecule has 26 heavy (non-hydrogen) atoms. The maximum Gasteiger partial charge on any atom is 0.231 e. The number of aliphatic hydroxyl groups is 1. The minimum atomic E-state index is -0.650. The standard InChI is InChI=1S/C18H21N3O5/c1-10-19-4-5-21(10)16-17(22)15(14-8-23-18(16)26-14)20-7-11-2-3-12-13(6-11)25-9-24-12/h2-6,14-18,20,22H,7-9H2,1H3. The van der Waals surface area contributed by atoms with E-state index in [4.69, 9.17) is 18.9 Å². The number of hydrogen-bond acceptors (Lipinski definition) is 7. The Kier molecular flexibility index (Phi) is 3.86. The van der Waals surface area contributed by atoms with Gasteiger partial charge in [-0.3, -0.25) is 0 Å². The summed E-state index contributed by atoms with van der Waals surface area (Å²) in [5.41, 5.74) is 1.05. The molecule has 1 aromatic carbocycles. The Morgan fingerprint density at radius 1 is 1.31 bits per heavy atom. The monoisotopic (exact) mass is 359 g/mol. The van der Waals surface area contributed by atoms with E-state index in [0.717, 1.165) is 22.9 Å². The van der Waals surface area contributed by atoms with Gasteiger partial charge in [-0.05, 0) is 24.6 Å². The van der Waals surface area contributed by atoms with E-state index in [-0.39, 0.29) is 25.0 Å². The van der Waals surface area contributed by atoms with Gasteiger partial charge in [0.25, 0.3) is 0 Å². The quantitative estimate of drug-likeness (QED) is 0.832. The third kappa shape index (κ3) is 2.57. The zero-order valence-corrected chi connectivity index (χ0v) is 14.4. The number of imidazole rings is 1. The molecule has 2 fully saturated rings. The molecule has 2 bridgehead atoms. The number of fused-ring (bicyclic) bond motifs is 3. The van der Waals surface area contributed by atoms with E-state index in [1.54, 1.807) is 6.20 Å². The summed E-state index contributed by atoms with van der Waals surface area (Å²) in [5.74, 6) is 2.33. The highest BCUT2D eigenvalue weighted by Gasteiger charge is 2.50. The van der Waals surface area contributed by atoms with Crippen molar-refractivity contribution in [2.45, 2.75) is 44.1 Å². The summed E-state index contributed by atoms with van der Waals surface area (Å²) in [7, 11) is 0. The first-order chi connectivity index (χ1) is 12.7. The Morgan fingerprint density at radius 2 is 2.19 bits per heavy atom. The molecule has 1 aromatic heterocycles. The molecule has 0 saturated carbocycles. The van der Waals surface area contributed by atoms with Crippen LogP contribution >= 0.6 is 0 Å². The summed E-state index contributed by atoms with van der Waals surface area (Å²) in [4.78, 5) is 4.26. The lowest BCUT2D eigenvalue weighted by molar-refractivity contribution is -0.165. The van der Waals surface area contributed by atoms with E-state index >= 15 is 0 Å². The number of rotatable bonds is 4. The number of aliphatic hydroxyl groups excluding tert-OH is 1. The molecule has 0 amide bonds. The first-order valence-corrected chi connectivity index (χ1v) is 8.77. The highest BCUT2D eigenvalue weighted by Crippen LogP contribution is 2.37. The lowest BCUT2D eigenvalue weighted by Gasteiger charge is -2.39. The van der Waals surface area contributed by atoms with Crippen molar-refractivity contribution in [3.8, 4) is 11.5 Å². The van der Waals surface area contributed by atoms with Crippen molar-refractivity contribution >= 4 is 0 Å². The van der Waals surface area contributed by atoms with Crippen molar-refractivity contribution in [3.63, 3.8) is 0 Å². The van der Waals surface area contributed by atoms with E-state index in [9.17, 15) is 5.11 Å². The molecule has 5 atom stereocenters. The number of hydrogen-bond donors (Lipinski definition) is 2. The van der Waals surface area contributed by atoms with Crippen LogP contribution in [0.15, 0.2) is 30.6 Å². The molecular weight excluding hydrogens is 338 g/mol. The van der Waals surface area contributed by atoms with Crippen LogP contribution in [-0.4, -0.2) is 52.6 Å². The Hall–Kier alpha value is -2.13. The fourth-order valence-electron chi connectivity index (χ4n) is 3.94. The molecule has 2 aromatic rings. The second-order valence-corrected chi connectivity index (χ2v) is 6.83. The van der Waals surface area contributed by atoms with Gasteiger partial charge >= 0.3 is 0 Å². The minimum absolute atomic E-state index is 0.177. The number of ether oxygens (including phenoxy) is 4. The summed E-state index contributed by atoms with van der Waals surface area (Å²) >= 11 is 0. The third-order valence-electron chi connectivity index (χ3n) is 5.29.